The van der Waals surface area contributed by atoms with Crippen molar-refractivity contribution in [2.24, 2.45) is 10.7 Å². The van der Waals surface area contributed by atoms with Crippen molar-refractivity contribution in [1.29, 1.82) is 0 Å². The Balaban J connectivity index is 2.71. The lowest BCUT2D eigenvalue weighted by molar-refractivity contribution is 1.26. The van der Waals surface area contributed by atoms with Gasteiger partial charge in [0, 0.05) is 12.1 Å². The van der Waals surface area contributed by atoms with E-state index in [1.165, 1.54) is 0 Å². The van der Waals surface area contributed by atoms with Crippen molar-refractivity contribution in [2.75, 3.05) is 5.32 Å². The second-order valence-electron chi connectivity index (χ2n) is 2.74. The number of hydrogen-bond donors (Lipinski definition) is 2. The smallest absolute Gasteiger partial charge is 0.191 e. The zero-order valence-electron chi connectivity index (χ0n) is 8.03. The molecule has 74 valence electrons. The Kier molecular flexibility index (Phi) is 4.07. The van der Waals surface area contributed by atoms with E-state index in [4.69, 9.17) is 18.0 Å². The highest BCUT2D eigenvalue weighted by Crippen LogP contribution is 2.05. The SMILES string of the molecule is CCC(=NC(N)=S)Nc1ccccc1. The van der Waals surface area contributed by atoms with Crippen molar-refractivity contribution in [3.63, 3.8) is 0 Å². The number of benzene rings is 1. The Hall–Kier alpha value is -1.42. The lowest BCUT2D eigenvalue weighted by atomic mass is 10.3. The molecule has 0 aliphatic carbocycles. The van der Waals surface area contributed by atoms with Crippen molar-refractivity contribution in [2.45, 2.75) is 13.3 Å². The third kappa shape index (κ3) is 3.53. The topological polar surface area (TPSA) is 50.4 Å². The van der Waals surface area contributed by atoms with Crippen LogP contribution in [0.4, 0.5) is 5.69 Å². The molecule has 0 atom stereocenters. The quantitative estimate of drug-likeness (QED) is 0.444. The minimum atomic E-state index is 0.158. The Morgan fingerprint density at radius 1 is 1.43 bits per heavy atom. The number of para-hydroxylation sites is 1. The third-order valence-corrected chi connectivity index (χ3v) is 1.73. The first-order valence-electron chi connectivity index (χ1n) is 4.41. The van der Waals surface area contributed by atoms with Crippen LogP contribution in [0.1, 0.15) is 13.3 Å². The van der Waals surface area contributed by atoms with Crippen LogP contribution in [0.2, 0.25) is 0 Å². The third-order valence-electron chi connectivity index (χ3n) is 1.64. The van der Waals surface area contributed by atoms with Gasteiger partial charge >= 0.3 is 0 Å². The molecule has 1 aromatic carbocycles. The van der Waals surface area contributed by atoms with Gasteiger partial charge in [0.2, 0.25) is 0 Å². The molecule has 0 aliphatic heterocycles. The number of nitrogens with zero attached hydrogens (tertiary/aromatic N) is 1. The first-order valence-corrected chi connectivity index (χ1v) is 4.82. The fourth-order valence-corrected chi connectivity index (χ4v) is 1.13. The first-order chi connectivity index (χ1) is 6.72. The van der Waals surface area contributed by atoms with Gasteiger partial charge in [-0.2, -0.15) is 0 Å². The highest BCUT2D eigenvalue weighted by molar-refractivity contribution is 7.80. The molecule has 3 N–H and O–H groups in total. The molecule has 0 unspecified atom stereocenters. The van der Waals surface area contributed by atoms with Gasteiger partial charge in [0.05, 0.1) is 0 Å². The summed E-state index contributed by atoms with van der Waals surface area (Å²) in [6.07, 6.45) is 0.770. The van der Waals surface area contributed by atoms with Gasteiger partial charge in [0.1, 0.15) is 5.84 Å². The number of nitrogens with two attached hydrogens (primary N) is 1. The molecule has 3 nitrogen and oxygen atoms in total. The van der Waals surface area contributed by atoms with Crippen LogP contribution < -0.4 is 11.1 Å². The molecule has 0 spiro atoms. The predicted molar refractivity (Wildman–Crippen MR) is 64.6 cm³/mol. The van der Waals surface area contributed by atoms with Gasteiger partial charge in [-0.3, -0.25) is 0 Å². The molecule has 1 rings (SSSR count). The van der Waals surface area contributed by atoms with Gasteiger partial charge in [0.15, 0.2) is 5.11 Å². The highest BCUT2D eigenvalue weighted by Gasteiger charge is 1.96. The maximum absolute atomic E-state index is 5.33. The van der Waals surface area contributed by atoms with E-state index < -0.39 is 0 Å². The molecule has 0 aromatic heterocycles. The molecule has 0 radical (unpaired) electrons. The summed E-state index contributed by atoms with van der Waals surface area (Å²) in [5.41, 5.74) is 6.32. The maximum atomic E-state index is 5.33. The van der Waals surface area contributed by atoms with Gasteiger partial charge in [-0.1, -0.05) is 25.1 Å². The molecule has 0 amide bonds. The van der Waals surface area contributed by atoms with E-state index in [2.05, 4.69) is 10.3 Å². The van der Waals surface area contributed by atoms with Crippen molar-refractivity contribution >= 4 is 28.9 Å². The van der Waals surface area contributed by atoms with E-state index in [-0.39, 0.29) is 5.11 Å². The van der Waals surface area contributed by atoms with Crippen LogP contribution in [-0.2, 0) is 0 Å². The average Bonchev–Trinajstić information content (AvgIpc) is 2.17. The lowest BCUT2D eigenvalue weighted by Gasteiger charge is -2.06. The molecule has 0 saturated carbocycles. The summed E-state index contributed by atoms with van der Waals surface area (Å²) < 4.78 is 0. The standard InChI is InChI=1S/C10H13N3S/c1-2-9(13-10(11)14)12-8-6-4-3-5-7-8/h3-7H,2H2,1H3,(H3,11,12,13,14). The Bertz CT molecular complexity index is 332. The number of aliphatic imine (C=N–C) groups is 1. The van der Waals surface area contributed by atoms with E-state index in [0.29, 0.717) is 0 Å². The number of hydrogen-bond acceptors (Lipinski definition) is 1. The van der Waals surface area contributed by atoms with E-state index in [1.54, 1.807) is 0 Å². The minimum Gasteiger partial charge on any atom is -0.374 e. The van der Waals surface area contributed by atoms with Gasteiger partial charge in [0.25, 0.3) is 0 Å². The summed E-state index contributed by atoms with van der Waals surface area (Å²) in [5.74, 6) is 0.781. The fourth-order valence-electron chi connectivity index (χ4n) is 1.02. The molecular weight excluding hydrogens is 194 g/mol. The highest BCUT2D eigenvalue weighted by atomic mass is 32.1. The molecule has 0 saturated heterocycles. The van der Waals surface area contributed by atoms with Crippen molar-refractivity contribution in [3.8, 4) is 0 Å². The number of nitrogens with one attached hydrogen (secondary N) is 1. The number of rotatable bonds is 2. The summed E-state index contributed by atoms with van der Waals surface area (Å²) in [6.45, 7) is 1.99. The van der Waals surface area contributed by atoms with Crippen molar-refractivity contribution in [3.05, 3.63) is 30.3 Å². The molecule has 4 heteroatoms. The van der Waals surface area contributed by atoms with Crippen molar-refractivity contribution < 1.29 is 0 Å². The van der Waals surface area contributed by atoms with Crippen molar-refractivity contribution in [1.82, 2.24) is 0 Å². The maximum Gasteiger partial charge on any atom is 0.191 e. The average molecular weight is 207 g/mol. The minimum absolute atomic E-state index is 0.158. The van der Waals surface area contributed by atoms with E-state index >= 15 is 0 Å². The summed E-state index contributed by atoms with van der Waals surface area (Å²) in [4.78, 5) is 4.01. The summed E-state index contributed by atoms with van der Waals surface area (Å²) >= 11 is 4.70. The molecular formula is C10H13N3S. The monoisotopic (exact) mass is 207 g/mol. The molecule has 0 aliphatic rings. The van der Waals surface area contributed by atoms with Crippen LogP contribution in [0.15, 0.2) is 35.3 Å². The number of amidine groups is 1. The second kappa shape index (κ2) is 5.34. The van der Waals surface area contributed by atoms with Crippen LogP contribution in [-0.4, -0.2) is 10.9 Å². The van der Waals surface area contributed by atoms with Crippen LogP contribution in [0.3, 0.4) is 0 Å². The van der Waals surface area contributed by atoms with Gasteiger partial charge in [-0.05, 0) is 24.4 Å². The van der Waals surface area contributed by atoms with E-state index in [0.717, 1.165) is 17.9 Å². The van der Waals surface area contributed by atoms with Gasteiger partial charge < -0.3 is 11.1 Å². The summed E-state index contributed by atoms with van der Waals surface area (Å²) in [7, 11) is 0. The second-order valence-corrected chi connectivity index (χ2v) is 3.16. The summed E-state index contributed by atoms with van der Waals surface area (Å²) in [5, 5.41) is 3.30. The van der Waals surface area contributed by atoms with Crippen LogP contribution in [0.5, 0.6) is 0 Å². The van der Waals surface area contributed by atoms with E-state index in [9.17, 15) is 0 Å². The normalized spacial score (nSPS) is 11.1. The van der Waals surface area contributed by atoms with Gasteiger partial charge in [-0.15, -0.1) is 0 Å². The van der Waals surface area contributed by atoms with Crippen LogP contribution >= 0.6 is 12.2 Å². The van der Waals surface area contributed by atoms with E-state index in [1.807, 2.05) is 37.3 Å². The van der Waals surface area contributed by atoms with Crippen LogP contribution in [0, 0.1) is 0 Å². The fraction of sp³-hybridized carbons (Fsp3) is 0.200. The first kappa shape index (κ1) is 10.7. The molecule has 1 aromatic rings. The zero-order valence-corrected chi connectivity index (χ0v) is 8.84. The molecule has 0 bridgehead atoms. The van der Waals surface area contributed by atoms with Gasteiger partial charge in [-0.25, -0.2) is 4.99 Å². The number of thiocarbonyl (C=S) groups is 1. The molecule has 0 heterocycles. The lowest BCUT2D eigenvalue weighted by Crippen LogP contribution is -2.15. The Labute approximate surface area is 89.0 Å². The predicted octanol–water partition coefficient (Wildman–Crippen LogP) is 2.15. The molecule has 14 heavy (non-hydrogen) atoms. The molecule has 0 fully saturated rings. The number of anilines is 1. The Morgan fingerprint density at radius 3 is 2.57 bits per heavy atom. The van der Waals surface area contributed by atoms with Crippen LogP contribution in [0.25, 0.3) is 0 Å². The zero-order chi connectivity index (χ0) is 10.4. The largest absolute Gasteiger partial charge is 0.374 e. The Morgan fingerprint density at radius 2 is 2.07 bits per heavy atom. The summed E-state index contributed by atoms with van der Waals surface area (Å²) in [6, 6.07) is 9.80.